The van der Waals surface area contributed by atoms with E-state index < -0.39 is 10.0 Å². The summed E-state index contributed by atoms with van der Waals surface area (Å²) in [5, 5.41) is 11.2. The number of nitrogens with zero attached hydrogens (tertiary/aromatic N) is 5. The zero-order chi connectivity index (χ0) is 13.9. The van der Waals surface area contributed by atoms with Gasteiger partial charge >= 0.3 is 0 Å². The lowest BCUT2D eigenvalue weighted by Gasteiger charge is -2.05. The zero-order valence-electron chi connectivity index (χ0n) is 10.4. The molecule has 0 atom stereocenters. The van der Waals surface area contributed by atoms with Crippen molar-refractivity contribution in [1.29, 1.82) is 0 Å². The highest BCUT2D eigenvalue weighted by atomic mass is 32.2. The van der Waals surface area contributed by atoms with Crippen LogP contribution in [0.1, 0.15) is 6.42 Å². The van der Waals surface area contributed by atoms with Gasteiger partial charge in [-0.3, -0.25) is 9.36 Å². The Labute approximate surface area is 110 Å². The Morgan fingerprint density at radius 1 is 1.47 bits per heavy atom. The van der Waals surface area contributed by atoms with Gasteiger partial charge in [0.05, 0.1) is 6.20 Å². The molecular weight excluding hydrogens is 270 g/mol. The van der Waals surface area contributed by atoms with Gasteiger partial charge in [0, 0.05) is 32.5 Å². The largest absolute Gasteiger partial charge is 0.381 e. The van der Waals surface area contributed by atoms with Crippen LogP contribution in [0, 0.1) is 0 Å². The van der Waals surface area contributed by atoms with Crippen LogP contribution in [0.3, 0.4) is 0 Å². The van der Waals surface area contributed by atoms with Gasteiger partial charge in [0.15, 0.2) is 5.82 Å². The Morgan fingerprint density at radius 2 is 2.26 bits per heavy atom. The molecule has 3 N–H and O–H groups in total. The van der Waals surface area contributed by atoms with Crippen LogP contribution in [0.5, 0.6) is 0 Å². The lowest BCUT2D eigenvalue weighted by Crippen LogP contribution is -2.26. The number of hydrogen-bond donors (Lipinski definition) is 2. The number of nitrogens with two attached hydrogens (primary N) is 1. The summed E-state index contributed by atoms with van der Waals surface area (Å²) in [6.07, 6.45) is 5.26. The monoisotopic (exact) mass is 285 g/mol. The first-order valence-electron chi connectivity index (χ1n) is 5.62. The van der Waals surface area contributed by atoms with E-state index in [4.69, 9.17) is 5.73 Å². The van der Waals surface area contributed by atoms with Crippen LogP contribution in [0.25, 0.3) is 0 Å². The summed E-state index contributed by atoms with van der Waals surface area (Å²) < 4.78 is 29.4. The van der Waals surface area contributed by atoms with Crippen molar-refractivity contribution in [2.45, 2.75) is 17.9 Å². The number of aryl methyl sites for hydroxylation is 2. The molecule has 19 heavy (non-hydrogen) atoms. The van der Waals surface area contributed by atoms with Crippen molar-refractivity contribution < 1.29 is 8.42 Å². The molecule has 0 aliphatic carbocycles. The van der Waals surface area contributed by atoms with Gasteiger partial charge in [0.1, 0.15) is 4.90 Å². The van der Waals surface area contributed by atoms with E-state index in [1.54, 1.807) is 24.1 Å². The van der Waals surface area contributed by atoms with Gasteiger partial charge in [-0.05, 0) is 6.42 Å². The van der Waals surface area contributed by atoms with E-state index in [0.717, 1.165) is 0 Å². The molecule has 9 nitrogen and oxygen atoms in total. The molecule has 0 fully saturated rings. The van der Waals surface area contributed by atoms with Crippen molar-refractivity contribution in [3.63, 3.8) is 0 Å². The quantitative estimate of drug-likeness (QED) is 0.654. The van der Waals surface area contributed by atoms with E-state index in [-0.39, 0.29) is 17.3 Å². The van der Waals surface area contributed by atoms with Gasteiger partial charge in [-0.15, -0.1) is 5.10 Å². The minimum Gasteiger partial charge on any atom is -0.381 e. The molecule has 0 aromatic carbocycles. The molecule has 0 spiro atoms. The SMILES string of the molecule is Cn1cc(S(=O)(=O)NCCCn2ccnn2)c(N)n1. The van der Waals surface area contributed by atoms with Gasteiger partial charge in [-0.25, -0.2) is 13.1 Å². The average Bonchev–Trinajstić information content (AvgIpc) is 2.94. The van der Waals surface area contributed by atoms with Gasteiger partial charge in [-0.1, -0.05) is 5.21 Å². The van der Waals surface area contributed by atoms with Crippen molar-refractivity contribution in [3.8, 4) is 0 Å². The van der Waals surface area contributed by atoms with Crippen LogP contribution >= 0.6 is 0 Å². The molecule has 2 aromatic heterocycles. The highest BCUT2D eigenvalue weighted by molar-refractivity contribution is 7.89. The lowest BCUT2D eigenvalue weighted by molar-refractivity contribution is 0.542. The molecule has 0 amide bonds. The van der Waals surface area contributed by atoms with Crippen LogP contribution < -0.4 is 10.5 Å². The smallest absolute Gasteiger partial charge is 0.245 e. The van der Waals surface area contributed by atoms with Crippen LogP contribution in [0.4, 0.5) is 5.82 Å². The molecule has 104 valence electrons. The maximum Gasteiger partial charge on any atom is 0.245 e. The molecule has 0 saturated carbocycles. The Balaban J connectivity index is 1.89. The Hall–Kier alpha value is -1.94. The molecule has 10 heteroatoms. The number of anilines is 1. The number of sulfonamides is 1. The van der Waals surface area contributed by atoms with E-state index in [2.05, 4.69) is 20.1 Å². The summed E-state index contributed by atoms with van der Waals surface area (Å²) in [6.45, 7) is 0.877. The zero-order valence-corrected chi connectivity index (χ0v) is 11.2. The van der Waals surface area contributed by atoms with Crippen molar-refractivity contribution in [2.75, 3.05) is 12.3 Å². The Kier molecular flexibility index (Phi) is 3.81. The van der Waals surface area contributed by atoms with Crippen molar-refractivity contribution in [1.82, 2.24) is 29.5 Å². The first kappa shape index (κ1) is 13.5. The molecule has 0 aliphatic heterocycles. The van der Waals surface area contributed by atoms with E-state index in [1.165, 1.54) is 10.9 Å². The number of hydrogen-bond acceptors (Lipinski definition) is 6. The molecule has 2 rings (SSSR count). The first-order chi connectivity index (χ1) is 8.99. The average molecular weight is 285 g/mol. The van der Waals surface area contributed by atoms with Crippen LogP contribution in [0.15, 0.2) is 23.5 Å². The van der Waals surface area contributed by atoms with Crippen LogP contribution in [0.2, 0.25) is 0 Å². The number of nitrogen functional groups attached to an aromatic ring is 1. The summed E-state index contributed by atoms with van der Waals surface area (Å²) in [4.78, 5) is -0.00393. The highest BCUT2D eigenvalue weighted by Crippen LogP contribution is 2.14. The number of nitrogens with one attached hydrogen (secondary N) is 1. The molecule has 0 radical (unpaired) electrons. The van der Waals surface area contributed by atoms with Crippen molar-refractivity contribution >= 4 is 15.8 Å². The van der Waals surface area contributed by atoms with Gasteiger partial charge < -0.3 is 5.73 Å². The standard InChI is InChI=1S/C9H15N7O2S/c1-15-7-8(9(10)13-15)19(17,18)12-3-2-5-16-6-4-11-14-16/h4,6-7,12H,2-3,5H2,1H3,(H2,10,13). The summed E-state index contributed by atoms with van der Waals surface area (Å²) >= 11 is 0. The summed E-state index contributed by atoms with van der Waals surface area (Å²) in [5.41, 5.74) is 5.54. The maximum absolute atomic E-state index is 11.9. The van der Waals surface area contributed by atoms with Gasteiger partial charge in [0.25, 0.3) is 0 Å². The third kappa shape index (κ3) is 3.29. The van der Waals surface area contributed by atoms with E-state index in [1.807, 2.05) is 0 Å². The predicted octanol–water partition coefficient (Wildman–Crippen LogP) is -1.04. The van der Waals surface area contributed by atoms with E-state index >= 15 is 0 Å². The summed E-state index contributed by atoms with van der Waals surface area (Å²) in [7, 11) is -2.00. The van der Waals surface area contributed by atoms with Crippen molar-refractivity contribution in [3.05, 3.63) is 18.6 Å². The number of rotatable bonds is 6. The Morgan fingerprint density at radius 3 is 2.84 bits per heavy atom. The molecule has 0 aliphatic rings. The molecule has 2 heterocycles. The second-order valence-electron chi connectivity index (χ2n) is 3.97. The normalized spacial score (nSPS) is 11.8. The molecular formula is C9H15N7O2S. The topological polar surface area (TPSA) is 121 Å². The van der Waals surface area contributed by atoms with Crippen LogP contribution in [-0.2, 0) is 23.6 Å². The summed E-state index contributed by atoms with van der Waals surface area (Å²) in [5.74, 6) is -0.00808. The van der Waals surface area contributed by atoms with Gasteiger partial charge in [0.2, 0.25) is 10.0 Å². The fraction of sp³-hybridized carbons (Fsp3) is 0.444. The summed E-state index contributed by atoms with van der Waals surface area (Å²) in [6, 6.07) is 0. The third-order valence-corrected chi connectivity index (χ3v) is 3.92. The fourth-order valence-electron chi connectivity index (χ4n) is 1.57. The molecule has 0 unspecified atom stereocenters. The highest BCUT2D eigenvalue weighted by Gasteiger charge is 2.19. The van der Waals surface area contributed by atoms with Gasteiger partial charge in [-0.2, -0.15) is 5.10 Å². The fourth-order valence-corrected chi connectivity index (χ4v) is 2.74. The van der Waals surface area contributed by atoms with E-state index in [9.17, 15) is 8.42 Å². The molecule has 2 aromatic rings. The molecule has 0 saturated heterocycles. The number of aromatic nitrogens is 5. The maximum atomic E-state index is 11.9. The minimum absolute atomic E-state index is 0.00393. The minimum atomic E-state index is -3.61. The van der Waals surface area contributed by atoms with Crippen molar-refractivity contribution in [2.24, 2.45) is 7.05 Å². The van der Waals surface area contributed by atoms with Crippen LogP contribution in [-0.4, -0.2) is 39.7 Å². The predicted molar refractivity (Wildman–Crippen MR) is 67.4 cm³/mol. The second-order valence-corrected chi connectivity index (χ2v) is 5.71. The molecule has 0 bridgehead atoms. The first-order valence-corrected chi connectivity index (χ1v) is 7.10. The third-order valence-electron chi connectivity index (χ3n) is 2.44. The second kappa shape index (κ2) is 5.36. The Bertz CT molecular complexity index is 632. The van der Waals surface area contributed by atoms with E-state index in [0.29, 0.717) is 13.0 Å². The lowest BCUT2D eigenvalue weighted by atomic mass is 10.4.